The molecule has 1 aromatic heterocycles. The number of aromatic nitrogens is 2. The number of hydrogen-bond acceptors (Lipinski definition) is 2. The predicted octanol–water partition coefficient (Wildman–Crippen LogP) is 1.71. The lowest BCUT2D eigenvalue weighted by Gasteiger charge is -2.31. The number of carbonyl (C=O) groups excluding carboxylic acids is 1. The van der Waals surface area contributed by atoms with E-state index in [2.05, 4.69) is 17.3 Å². The van der Waals surface area contributed by atoms with Gasteiger partial charge in [-0.3, -0.25) is 4.68 Å². The Hall–Kier alpha value is -1.52. The van der Waals surface area contributed by atoms with Crippen molar-refractivity contribution in [2.75, 3.05) is 13.1 Å². The molecule has 1 fully saturated rings. The molecule has 1 unspecified atom stereocenters. The lowest BCUT2D eigenvalue weighted by atomic mass is 10.00. The van der Waals surface area contributed by atoms with Gasteiger partial charge in [0.25, 0.3) is 0 Å². The molecule has 0 aliphatic carbocycles. The Morgan fingerprint density at radius 2 is 2.22 bits per heavy atom. The van der Waals surface area contributed by atoms with Crippen molar-refractivity contribution in [3.8, 4) is 0 Å². The maximum atomic E-state index is 12.0. The molecule has 0 radical (unpaired) electrons. The Balaban J connectivity index is 1.76. The molecule has 0 spiro atoms. The summed E-state index contributed by atoms with van der Waals surface area (Å²) in [7, 11) is 0. The second kappa shape index (κ2) is 5.89. The molecule has 2 amide bonds. The van der Waals surface area contributed by atoms with Gasteiger partial charge in [-0.25, -0.2) is 4.79 Å². The fraction of sp³-hybridized carbons (Fsp3) is 0.692. The number of amides is 2. The summed E-state index contributed by atoms with van der Waals surface area (Å²) in [5, 5.41) is 7.17. The minimum absolute atomic E-state index is 0.0570. The molecule has 5 nitrogen and oxygen atoms in total. The first-order valence-corrected chi connectivity index (χ1v) is 6.68. The van der Waals surface area contributed by atoms with Gasteiger partial charge in [0.05, 0.1) is 6.54 Å². The molecule has 18 heavy (non-hydrogen) atoms. The molecule has 0 bridgehead atoms. The molecule has 2 heterocycles. The number of hydrogen-bond donors (Lipinski definition) is 1. The highest BCUT2D eigenvalue weighted by atomic mass is 16.2. The molecule has 0 saturated carbocycles. The van der Waals surface area contributed by atoms with Crippen LogP contribution in [0.15, 0.2) is 18.5 Å². The molecular formula is C13H22N4O. The normalized spacial score (nSPS) is 18.7. The smallest absolute Gasteiger partial charge is 0.317 e. The average molecular weight is 250 g/mol. The summed E-state index contributed by atoms with van der Waals surface area (Å²) in [4.78, 5) is 13.9. The summed E-state index contributed by atoms with van der Waals surface area (Å²) >= 11 is 0. The number of likely N-dealkylation sites (tertiary alicyclic amines) is 1. The molecule has 1 aromatic rings. The first-order chi connectivity index (χ1) is 8.65. The zero-order chi connectivity index (χ0) is 13.0. The maximum Gasteiger partial charge on any atom is 0.317 e. The summed E-state index contributed by atoms with van der Waals surface area (Å²) in [6.45, 7) is 6.72. The standard InChI is InChI=1S/C13H22N4O/c1-11-4-8-16(9-5-11)13(18)15-12(2)10-17-7-3-6-14-17/h3,6-7,11-12H,4-5,8-10H2,1-2H3,(H,15,18). The van der Waals surface area contributed by atoms with Crippen molar-refractivity contribution in [1.29, 1.82) is 0 Å². The second-order valence-electron chi connectivity index (χ2n) is 5.25. The van der Waals surface area contributed by atoms with E-state index in [-0.39, 0.29) is 12.1 Å². The van der Waals surface area contributed by atoms with Crippen LogP contribution in [0, 0.1) is 5.92 Å². The summed E-state index contributed by atoms with van der Waals surface area (Å²) < 4.78 is 1.84. The molecule has 1 saturated heterocycles. The van der Waals surface area contributed by atoms with E-state index in [1.165, 1.54) is 0 Å². The van der Waals surface area contributed by atoms with E-state index >= 15 is 0 Å². The van der Waals surface area contributed by atoms with Crippen LogP contribution in [0.4, 0.5) is 4.79 Å². The fourth-order valence-electron chi connectivity index (χ4n) is 2.25. The quantitative estimate of drug-likeness (QED) is 0.888. The summed E-state index contributed by atoms with van der Waals surface area (Å²) in [6, 6.07) is 2.04. The Morgan fingerprint density at radius 3 is 2.83 bits per heavy atom. The molecule has 5 heteroatoms. The lowest BCUT2D eigenvalue weighted by molar-refractivity contribution is 0.170. The Labute approximate surface area is 108 Å². The summed E-state index contributed by atoms with van der Waals surface area (Å²) in [5.74, 6) is 0.746. The molecular weight excluding hydrogens is 228 g/mol. The van der Waals surface area contributed by atoms with Crippen LogP contribution >= 0.6 is 0 Å². The Morgan fingerprint density at radius 1 is 1.50 bits per heavy atom. The van der Waals surface area contributed by atoms with Crippen molar-refractivity contribution in [2.24, 2.45) is 5.92 Å². The predicted molar refractivity (Wildman–Crippen MR) is 70.2 cm³/mol. The topological polar surface area (TPSA) is 50.2 Å². The first kappa shape index (κ1) is 12.9. The van der Waals surface area contributed by atoms with Crippen molar-refractivity contribution in [1.82, 2.24) is 20.0 Å². The lowest BCUT2D eigenvalue weighted by Crippen LogP contribution is -2.47. The summed E-state index contributed by atoms with van der Waals surface area (Å²) in [5.41, 5.74) is 0. The molecule has 1 atom stereocenters. The van der Waals surface area contributed by atoms with Gasteiger partial charge in [-0.05, 0) is 31.7 Å². The van der Waals surface area contributed by atoms with Crippen LogP contribution in [0.5, 0.6) is 0 Å². The zero-order valence-corrected chi connectivity index (χ0v) is 11.2. The Bertz CT molecular complexity index is 368. The van der Waals surface area contributed by atoms with Crippen molar-refractivity contribution in [2.45, 2.75) is 39.3 Å². The largest absolute Gasteiger partial charge is 0.334 e. The van der Waals surface area contributed by atoms with Crippen molar-refractivity contribution >= 4 is 6.03 Å². The van der Waals surface area contributed by atoms with Gasteiger partial charge < -0.3 is 10.2 Å². The highest BCUT2D eigenvalue weighted by molar-refractivity contribution is 5.74. The number of rotatable bonds is 3. The minimum Gasteiger partial charge on any atom is -0.334 e. The average Bonchev–Trinajstić information content (AvgIpc) is 2.82. The van der Waals surface area contributed by atoms with Crippen LogP contribution < -0.4 is 5.32 Å². The van der Waals surface area contributed by atoms with Crippen LogP contribution in [0.25, 0.3) is 0 Å². The van der Waals surface area contributed by atoms with Gasteiger partial charge in [0.15, 0.2) is 0 Å². The van der Waals surface area contributed by atoms with E-state index in [9.17, 15) is 4.79 Å². The molecule has 0 aromatic carbocycles. The third kappa shape index (κ3) is 3.48. The van der Waals surface area contributed by atoms with Crippen LogP contribution in [0.1, 0.15) is 26.7 Å². The van der Waals surface area contributed by atoms with Gasteiger partial charge in [0.2, 0.25) is 0 Å². The van der Waals surface area contributed by atoms with Crippen molar-refractivity contribution in [3.05, 3.63) is 18.5 Å². The number of nitrogens with one attached hydrogen (secondary N) is 1. The highest BCUT2D eigenvalue weighted by Crippen LogP contribution is 2.15. The molecule has 100 valence electrons. The van der Waals surface area contributed by atoms with E-state index in [1.807, 2.05) is 28.8 Å². The van der Waals surface area contributed by atoms with Gasteiger partial charge in [-0.2, -0.15) is 5.10 Å². The van der Waals surface area contributed by atoms with Crippen LogP contribution in [-0.4, -0.2) is 39.8 Å². The molecule has 1 aliphatic heterocycles. The van der Waals surface area contributed by atoms with Crippen LogP contribution in [-0.2, 0) is 6.54 Å². The van der Waals surface area contributed by atoms with Gasteiger partial charge in [-0.15, -0.1) is 0 Å². The summed E-state index contributed by atoms with van der Waals surface area (Å²) in [6.07, 6.45) is 5.88. The van der Waals surface area contributed by atoms with Gasteiger partial charge in [0, 0.05) is 31.5 Å². The van der Waals surface area contributed by atoms with Crippen molar-refractivity contribution < 1.29 is 4.79 Å². The Kier molecular flexibility index (Phi) is 4.23. The third-order valence-electron chi connectivity index (χ3n) is 3.46. The fourth-order valence-corrected chi connectivity index (χ4v) is 2.25. The van der Waals surface area contributed by atoms with E-state index in [0.717, 1.165) is 31.8 Å². The third-order valence-corrected chi connectivity index (χ3v) is 3.46. The number of urea groups is 1. The molecule has 1 aliphatic rings. The van der Waals surface area contributed by atoms with Gasteiger partial charge >= 0.3 is 6.03 Å². The van der Waals surface area contributed by atoms with Crippen molar-refractivity contribution in [3.63, 3.8) is 0 Å². The van der Waals surface area contributed by atoms with E-state index in [1.54, 1.807) is 6.20 Å². The van der Waals surface area contributed by atoms with Gasteiger partial charge in [-0.1, -0.05) is 6.92 Å². The van der Waals surface area contributed by atoms with E-state index in [4.69, 9.17) is 0 Å². The number of nitrogens with zero attached hydrogens (tertiary/aromatic N) is 3. The monoisotopic (exact) mass is 250 g/mol. The SMILES string of the molecule is CC1CCN(C(=O)NC(C)Cn2cccn2)CC1. The molecule has 1 N–H and O–H groups in total. The van der Waals surface area contributed by atoms with Gasteiger partial charge in [0.1, 0.15) is 0 Å². The van der Waals surface area contributed by atoms with Crippen LogP contribution in [0.2, 0.25) is 0 Å². The van der Waals surface area contributed by atoms with E-state index < -0.39 is 0 Å². The number of piperidine rings is 1. The minimum atomic E-state index is 0.0570. The van der Waals surface area contributed by atoms with Crippen LogP contribution in [0.3, 0.4) is 0 Å². The second-order valence-corrected chi connectivity index (χ2v) is 5.25. The first-order valence-electron chi connectivity index (χ1n) is 6.68. The molecule has 2 rings (SSSR count). The highest BCUT2D eigenvalue weighted by Gasteiger charge is 2.21. The number of carbonyl (C=O) groups is 1. The van der Waals surface area contributed by atoms with E-state index in [0.29, 0.717) is 6.54 Å². The zero-order valence-electron chi connectivity index (χ0n) is 11.2. The maximum absolute atomic E-state index is 12.0.